The summed E-state index contributed by atoms with van der Waals surface area (Å²) in [6, 6.07) is 60.1. The van der Waals surface area contributed by atoms with E-state index >= 15 is 0 Å². The molecule has 0 bridgehead atoms. The standard InChI is InChI=1S/C26H14ClNO.C25H14BrClO/c27-22-13-6-11-20-24(22)17-8-1-2-9-18(17)26(20)19-10-3-4-14-23(19)29-25-16(15-28)7-5-12-21(25)26;26-20-12-5-11-19-24(20)28-22-14-4-3-9-17(22)25(19)16-8-2-1-7-15(16)23-18(25)10-6-13-21(23)27/h1-14H;1-14H. The number of nitrogens with zero attached hydrogens (tertiary/aromatic N) is 1. The number of benzene rings is 8. The van der Waals surface area contributed by atoms with E-state index in [2.05, 4.69) is 113 Å². The van der Waals surface area contributed by atoms with Gasteiger partial charge in [-0.3, -0.25) is 0 Å². The van der Waals surface area contributed by atoms with Crippen molar-refractivity contribution in [3.63, 3.8) is 0 Å². The molecular weight excluding hydrogens is 809 g/mol. The molecule has 2 aliphatic carbocycles. The molecule has 4 aliphatic rings. The predicted molar refractivity (Wildman–Crippen MR) is 230 cm³/mol. The van der Waals surface area contributed by atoms with Gasteiger partial charge in [-0.1, -0.05) is 157 Å². The summed E-state index contributed by atoms with van der Waals surface area (Å²) in [6.45, 7) is 0. The van der Waals surface area contributed by atoms with E-state index in [4.69, 9.17) is 32.7 Å². The molecule has 8 aromatic carbocycles. The fourth-order valence-corrected chi connectivity index (χ4v) is 10.9. The molecule has 0 amide bonds. The number of ether oxygens (including phenoxy) is 2. The molecule has 8 aromatic rings. The van der Waals surface area contributed by atoms with Crippen molar-refractivity contribution in [1.29, 1.82) is 5.26 Å². The maximum absolute atomic E-state index is 9.76. The lowest BCUT2D eigenvalue weighted by Crippen LogP contribution is -2.32. The molecule has 57 heavy (non-hydrogen) atoms. The molecule has 6 heteroatoms. The topological polar surface area (TPSA) is 42.2 Å². The molecule has 2 atom stereocenters. The van der Waals surface area contributed by atoms with Crippen LogP contribution in [-0.4, -0.2) is 0 Å². The maximum Gasteiger partial charge on any atom is 0.149 e. The Hall–Kier alpha value is -6.09. The summed E-state index contributed by atoms with van der Waals surface area (Å²) in [6.07, 6.45) is 0. The van der Waals surface area contributed by atoms with Crippen LogP contribution in [0.4, 0.5) is 0 Å². The van der Waals surface area contributed by atoms with E-state index in [1.807, 2.05) is 72.8 Å². The van der Waals surface area contributed by atoms with Crippen LogP contribution in [0, 0.1) is 11.3 Å². The van der Waals surface area contributed by atoms with Crippen LogP contribution in [0.3, 0.4) is 0 Å². The van der Waals surface area contributed by atoms with Crippen molar-refractivity contribution in [2.75, 3.05) is 0 Å². The van der Waals surface area contributed by atoms with Crippen molar-refractivity contribution in [2.24, 2.45) is 0 Å². The fourth-order valence-electron chi connectivity index (χ4n) is 9.91. The van der Waals surface area contributed by atoms with Crippen LogP contribution in [0.1, 0.15) is 50.1 Å². The Labute approximate surface area is 348 Å². The Morgan fingerprint density at radius 1 is 0.421 bits per heavy atom. The first kappa shape index (κ1) is 34.2. The van der Waals surface area contributed by atoms with Crippen LogP contribution < -0.4 is 9.47 Å². The average molecular weight is 838 g/mol. The van der Waals surface area contributed by atoms with Gasteiger partial charge in [0.25, 0.3) is 0 Å². The lowest BCUT2D eigenvalue weighted by molar-refractivity contribution is 0.433. The third-order valence-corrected chi connectivity index (χ3v) is 13.2. The van der Waals surface area contributed by atoms with E-state index in [9.17, 15) is 5.26 Å². The van der Waals surface area contributed by atoms with Gasteiger partial charge in [0.05, 0.1) is 20.9 Å². The molecule has 2 spiro atoms. The van der Waals surface area contributed by atoms with Gasteiger partial charge in [-0.05, 0) is 85.7 Å². The lowest BCUT2D eigenvalue weighted by atomic mass is 9.66. The highest BCUT2D eigenvalue weighted by molar-refractivity contribution is 9.10. The van der Waals surface area contributed by atoms with Gasteiger partial charge in [0.15, 0.2) is 0 Å². The first-order chi connectivity index (χ1) is 28.0. The van der Waals surface area contributed by atoms with Crippen LogP contribution in [0.25, 0.3) is 22.3 Å². The Morgan fingerprint density at radius 3 is 1.37 bits per heavy atom. The van der Waals surface area contributed by atoms with Crippen LogP contribution in [-0.2, 0) is 10.8 Å². The minimum atomic E-state index is -0.576. The third-order valence-electron chi connectivity index (χ3n) is 12.0. The van der Waals surface area contributed by atoms with E-state index in [1.165, 1.54) is 16.7 Å². The molecule has 2 heterocycles. The molecule has 0 fully saturated rings. The van der Waals surface area contributed by atoms with E-state index < -0.39 is 10.8 Å². The quantitative estimate of drug-likeness (QED) is 0.153. The average Bonchev–Trinajstić information content (AvgIpc) is 3.72. The number of hydrogen-bond donors (Lipinski definition) is 0. The number of rotatable bonds is 0. The summed E-state index contributed by atoms with van der Waals surface area (Å²) >= 11 is 17.2. The zero-order valence-electron chi connectivity index (χ0n) is 30.1. The van der Waals surface area contributed by atoms with E-state index in [0.29, 0.717) is 11.3 Å². The Morgan fingerprint density at radius 2 is 0.825 bits per heavy atom. The summed E-state index contributed by atoms with van der Waals surface area (Å²) in [5.41, 5.74) is 13.0. The highest BCUT2D eigenvalue weighted by atomic mass is 79.9. The number of halogens is 3. The molecule has 0 saturated heterocycles. The van der Waals surface area contributed by atoms with Crippen molar-refractivity contribution >= 4 is 39.1 Å². The molecule has 0 saturated carbocycles. The smallest absolute Gasteiger partial charge is 0.149 e. The second-order valence-corrected chi connectivity index (χ2v) is 16.2. The first-order valence-corrected chi connectivity index (χ1v) is 20.2. The summed E-state index contributed by atoms with van der Waals surface area (Å²) in [4.78, 5) is 0. The monoisotopic (exact) mass is 835 g/mol. The summed E-state index contributed by atoms with van der Waals surface area (Å²) in [5, 5.41) is 11.3. The van der Waals surface area contributed by atoms with Crippen molar-refractivity contribution in [3.05, 3.63) is 234 Å². The van der Waals surface area contributed by atoms with Gasteiger partial charge in [-0.15, -0.1) is 0 Å². The highest BCUT2D eigenvalue weighted by Crippen LogP contribution is 2.65. The zero-order valence-corrected chi connectivity index (χ0v) is 33.2. The molecular formula is C51H28BrCl2NO2. The van der Waals surface area contributed by atoms with Crippen LogP contribution in [0.2, 0.25) is 10.0 Å². The Bertz CT molecular complexity index is 3060. The van der Waals surface area contributed by atoms with Gasteiger partial charge in [-0.25, -0.2) is 0 Å². The number of nitriles is 1. The van der Waals surface area contributed by atoms with Crippen molar-refractivity contribution in [1.82, 2.24) is 0 Å². The van der Waals surface area contributed by atoms with Crippen LogP contribution >= 0.6 is 39.1 Å². The lowest BCUT2D eigenvalue weighted by Gasteiger charge is -2.39. The van der Waals surface area contributed by atoms with E-state index in [0.717, 1.165) is 81.8 Å². The van der Waals surface area contributed by atoms with E-state index in [1.54, 1.807) is 6.07 Å². The van der Waals surface area contributed by atoms with Gasteiger partial charge in [0, 0.05) is 43.4 Å². The maximum atomic E-state index is 9.76. The number of fused-ring (bicyclic) bond motifs is 18. The SMILES string of the molecule is Clc1cccc2c1-c1ccccc1C21c2ccccc2Oc2c(Br)cccc21.N#Cc1cccc2c1Oc1ccccc1C21c2ccccc2-c2c(Cl)cccc21. The van der Waals surface area contributed by atoms with Gasteiger partial charge >= 0.3 is 0 Å². The van der Waals surface area contributed by atoms with Crippen molar-refractivity contribution < 1.29 is 9.47 Å². The molecule has 12 rings (SSSR count). The molecule has 0 aromatic heterocycles. The van der Waals surface area contributed by atoms with E-state index in [-0.39, 0.29) is 0 Å². The van der Waals surface area contributed by atoms with Crippen LogP contribution in [0.5, 0.6) is 23.0 Å². The van der Waals surface area contributed by atoms with Gasteiger partial charge < -0.3 is 9.47 Å². The Balaban J connectivity index is 0.000000131. The minimum absolute atomic E-state index is 0.454. The number of para-hydroxylation sites is 4. The first-order valence-electron chi connectivity index (χ1n) is 18.6. The number of hydrogen-bond acceptors (Lipinski definition) is 3. The molecule has 0 radical (unpaired) electrons. The second-order valence-electron chi connectivity index (χ2n) is 14.5. The summed E-state index contributed by atoms with van der Waals surface area (Å²) in [7, 11) is 0. The summed E-state index contributed by atoms with van der Waals surface area (Å²) in [5.74, 6) is 3.13. The normalized spacial score (nSPS) is 17.8. The van der Waals surface area contributed by atoms with Gasteiger partial charge in [-0.2, -0.15) is 5.26 Å². The molecule has 0 N–H and O–H groups in total. The summed E-state index contributed by atoms with van der Waals surface area (Å²) < 4.78 is 13.6. The fraction of sp³-hybridized carbons (Fsp3) is 0.0392. The van der Waals surface area contributed by atoms with Crippen LogP contribution in [0.15, 0.2) is 174 Å². The Kier molecular flexibility index (Phi) is 7.62. The van der Waals surface area contributed by atoms with Gasteiger partial charge in [0.2, 0.25) is 0 Å². The van der Waals surface area contributed by atoms with Gasteiger partial charge in [0.1, 0.15) is 29.1 Å². The minimum Gasteiger partial charge on any atom is -0.455 e. The molecule has 2 aliphatic heterocycles. The predicted octanol–water partition coefficient (Wildman–Crippen LogP) is 14.3. The zero-order chi connectivity index (χ0) is 38.5. The molecule has 2 unspecified atom stereocenters. The molecule has 3 nitrogen and oxygen atoms in total. The molecule has 270 valence electrons. The second kappa shape index (κ2) is 12.7. The largest absolute Gasteiger partial charge is 0.455 e. The third kappa shape index (κ3) is 4.48. The van der Waals surface area contributed by atoms with Crippen molar-refractivity contribution in [3.8, 4) is 51.3 Å². The van der Waals surface area contributed by atoms with Crippen molar-refractivity contribution in [2.45, 2.75) is 10.8 Å². The highest BCUT2D eigenvalue weighted by Gasteiger charge is 2.53.